The van der Waals surface area contributed by atoms with Gasteiger partial charge in [-0.2, -0.15) is 5.10 Å². The van der Waals surface area contributed by atoms with E-state index in [1.165, 1.54) is 0 Å². The van der Waals surface area contributed by atoms with Crippen molar-refractivity contribution in [2.75, 3.05) is 5.73 Å². The van der Waals surface area contributed by atoms with Crippen LogP contribution < -0.4 is 5.73 Å². The molecule has 0 unspecified atom stereocenters. The summed E-state index contributed by atoms with van der Waals surface area (Å²) in [6.07, 6.45) is 0. The average Bonchev–Trinajstić information content (AvgIpc) is 2.99. The highest BCUT2D eigenvalue weighted by Gasteiger charge is 2.12. The van der Waals surface area contributed by atoms with E-state index in [2.05, 4.69) is 21.0 Å². The van der Waals surface area contributed by atoms with Crippen molar-refractivity contribution in [2.45, 2.75) is 6.92 Å². The van der Waals surface area contributed by atoms with Gasteiger partial charge in [-0.15, -0.1) is 0 Å². The van der Waals surface area contributed by atoms with Crippen molar-refractivity contribution in [1.29, 1.82) is 0 Å². The Bertz CT molecular complexity index is 779. The van der Waals surface area contributed by atoms with Crippen LogP contribution in [-0.4, -0.2) is 9.78 Å². The number of aromatic nitrogens is 2. The molecule has 0 amide bonds. The third kappa shape index (κ3) is 2.34. The van der Waals surface area contributed by atoms with Gasteiger partial charge in [-0.3, -0.25) is 0 Å². The molecule has 0 aliphatic heterocycles. The quantitative estimate of drug-likeness (QED) is 0.742. The average molecular weight is 353 g/mol. The van der Waals surface area contributed by atoms with Crippen molar-refractivity contribution in [3.63, 3.8) is 0 Å². The first-order valence-electron chi connectivity index (χ1n) is 5.92. The lowest BCUT2D eigenvalue weighted by molar-refractivity contribution is 0.553. The third-order valence-electron chi connectivity index (χ3n) is 2.96. The van der Waals surface area contributed by atoms with Crippen LogP contribution in [0.25, 0.3) is 17.1 Å². The lowest BCUT2D eigenvalue weighted by Gasteiger charge is -2.05. The van der Waals surface area contributed by atoms with E-state index in [0.717, 1.165) is 11.3 Å². The molecule has 0 aliphatic rings. The van der Waals surface area contributed by atoms with Crippen LogP contribution in [0.4, 0.5) is 5.82 Å². The van der Waals surface area contributed by atoms with Crippen molar-refractivity contribution < 1.29 is 4.42 Å². The fourth-order valence-corrected chi connectivity index (χ4v) is 2.37. The van der Waals surface area contributed by atoms with Gasteiger partial charge in [-0.1, -0.05) is 17.7 Å². The number of furan rings is 1. The Hall–Kier alpha value is -1.72. The molecule has 3 rings (SSSR count). The Balaban J connectivity index is 2.06. The summed E-state index contributed by atoms with van der Waals surface area (Å²) in [5, 5.41) is 5.13. The van der Waals surface area contributed by atoms with Gasteiger partial charge in [-0.05, 0) is 52.7 Å². The smallest absolute Gasteiger partial charge is 0.169 e. The number of halogens is 2. The van der Waals surface area contributed by atoms with Crippen molar-refractivity contribution in [3.8, 4) is 17.1 Å². The molecule has 0 radical (unpaired) electrons. The molecule has 20 heavy (non-hydrogen) atoms. The van der Waals surface area contributed by atoms with Gasteiger partial charge < -0.3 is 10.2 Å². The topological polar surface area (TPSA) is 57.0 Å². The molecule has 6 heteroatoms. The van der Waals surface area contributed by atoms with Crippen LogP contribution in [0, 0.1) is 6.92 Å². The van der Waals surface area contributed by atoms with Crippen LogP contribution in [0.5, 0.6) is 0 Å². The summed E-state index contributed by atoms with van der Waals surface area (Å²) >= 11 is 9.40. The minimum Gasteiger partial charge on any atom is -0.448 e. The predicted molar refractivity (Wildman–Crippen MR) is 83.1 cm³/mol. The fraction of sp³-hybridized carbons (Fsp3) is 0.0714. The summed E-state index contributed by atoms with van der Waals surface area (Å²) in [6.45, 7) is 1.95. The molecule has 2 aromatic heterocycles. The third-order valence-corrected chi connectivity index (χ3v) is 3.80. The van der Waals surface area contributed by atoms with E-state index in [1.54, 1.807) is 10.7 Å². The van der Waals surface area contributed by atoms with E-state index in [-0.39, 0.29) is 0 Å². The Kier molecular flexibility index (Phi) is 3.31. The summed E-state index contributed by atoms with van der Waals surface area (Å²) in [5.74, 6) is 1.17. The summed E-state index contributed by atoms with van der Waals surface area (Å²) < 4.78 is 7.76. The number of hydrogen-bond donors (Lipinski definition) is 1. The first kappa shape index (κ1) is 13.3. The maximum absolute atomic E-state index is 6.14. The van der Waals surface area contributed by atoms with Gasteiger partial charge in [0.15, 0.2) is 10.4 Å². The van der Waals surface area contributed by atoms with Gasteiger partial charge >= 0.3 is 0 Å². The molecule has 102 valence electrons. The zero-order valence-electron chi connectivity index (χ0n) is 10.6. The monoisotopic (exact) mass is 351 g/mol. The SMILES string of the molecule is Cc1ccc(-n2nc(-c3ccc(Br)o3)cc2N)cc1Cl. The van der Waals surface area contributed by atoms with Crippen LogP contribution in [0.2, 0.25) is 5.02 Å². The molecule has 0 saturated carbocycles. The van der Waals surface area contributed by atoms with Gasteiger partial charge in [0.2, 0.25) is 0 Å². The molecule has 0 spiro atoms. The lowest BCUT2D eigenvalue weighted by atomic mass is 10.2. The predicted octanol–water partition coefficient (Wildman–Crippen LogP) is 4.44. The number of rotatable bonds is 2. The lowest BCUT2D eigenvalue weighted by Crippen LogP contribution is -2.01. The zero-order chi connectivity index (χ0) is 14.3. The number of hydrogen-bond acceptors (Lipinski definition) is 3. The number of aryl methyl sites for hydroxylation is 1. The fourth-order valence-electron chi connectivity index (χ4n) is 1.89. The number of anilines is 1. The Morgan fingerprint density at radius 2 is 2.05 bits per heavy atom. The zero-order valence-corrected chi connectivity index (χ0v) is 12.9. The molecule has 2 heterocycles. The van der Waals surface area contributed by atoms with Crippen molar-refractivity contribution >= 4 is 33.3 Å². The summed E-state index contributed by atoms with van der Waals surface area (Å²) in [6, 6.07) is 11.1. The van der Waals surface area contributed by atoms with E-state index in [4.69, 9.17) is 21.8 Å². The van der Waals surface area contributed by atoms with Crippen LogP contribution in [0.3, 0.4) is 0 Å². The standard InChI is InChI=1S/C14H11BrClN3O/c1-8-2-3-9(6-10(8)16)19-14(17)7-11(18-19)12-4-5-13(15)20-12/h2-7H,17H2,1H3. The highest BCUT2D eigenvalue weighted by molar-refractivity contribution is 9.10. The largest absolute Gasteiger partial charge is 0.448 e. The van der Waals surface area contributed by atoms with Crippen molar-refractivity contribution in [2.24, 2.45) is 0 Å². The second-order valence-electron chi connectivity index (χ2n) is 4.40. The van der Waals surface area contributed by atoms with E-state index in [1.807, 2.05) is 37.3 Å². The maximum atomic E-state index is 6.14. The molecule has 0 aliphatic carbocycles. The van der Waals surface area contributed by atoms with Crippen LogP contribution in [-0.2, 0) is 0 Å². The second-order valence-corrected chi connectivity index (χ2v) is 5.59. The summed E-state index contributed by atoms with van der Waals surface area (Å²) in [4.78, 5) is 0. The highest BCUT2D eigenvalue weighted by Crippen LogP contribution is 2.27. The Labute approximate surface area is 129 Å². The second kappa shape index (κ2) is 5.00. The molecule has 0 atom stereocenters. The van der Waals surface area contributed by atoms with E-state index < -0.39 is 0 Å². The highest BCUT2D eigenvalue weighted by atomic mass is 79.9. The molecule has 0 bridgehead atoms. The van der Waals surface area contributed by atoms with E-state index in [0.29, 0.717) is 27.0 Å². The molecular formula is C14H11BrClN3O. The minimum atomic E-state index is 0.521. The van der Waals surface area contributed by atoms with Gasteiger partial charge in [0.05, 0.1) is 5.69 Å². The first-order chi connectivity index (χ1) is 9.54. The van der Waals surface area contributed by atoms with Gasteiger partial charge in [0.1, 0.15) is 11.5 Å². The number of nitrogens with two attached hydrogens (primary N) is 1. The molecule has 4 nitrogen and oxygen atoms in total. The molecule has 0 saturated heterocycles. The normalized spacial score (nSPS) is 10.9. The van der Waals surface area contributed by atoms with Gasteiger partial charge in [-0.25, -0.2) is 4.68 Å². The Morgan fingerprint density at radius 3 is 2.70 bits per heavy atom. The number of benzene rings is 1. The molecule has 1 aromatic carbocycles. The summed E-state index contributed by atoms with van der Waals surface area (Å²) in [5.41, 5.74) is 8.51. The maximum Gasteiger partial charge on any atom is 0.169 e. The summed E-state index contributed by atoms with van der Waals surface area (Å²) in [7, 11) is 0. The van der Waals surface area contributed by atoms with Gasteiger partial charge in [0.25, 0.3) is 0 Å². The minimum absolute atomic E-state index is 0.521. The number of nitrogens with zero attached hydrogens (tertiary/aromatic N) is 2. The first-order valence-corrected chi connectivity index (χ1v) is 7.09. The van der Waals surface area contributed by atoms with Crippen LogP contribution in [0.1, 0.15) is 5.56 Å². The van der Waals surface area contributed by atoms with Crippen LogP contribution >= 0.6 is 27.5 Å². The van der Waals surface area contributed by atoms with E-state index >= 15 is 0 Å². The molecular weight excluding hydrogens is 342 g/mol. The van der Waals surface area contributed by atoms with E-state index in [9.17, 15) is 0 Å². The molecule has 0 fully saturated rings. The molecule has 3 aromatic rings. The van der Waals surface area contributed by atoms with Crippen molar-refractivity contribution in [3.05, 3.63) is 51.7 Å². The van der Waals surface area contributed by atoms with Crippen LogP contribution in [0.15, 0.2) is 45.5 Å². The van der Waals surface area contributed by atoms with Gasteiger partial charge in [0, 0.05) is 11.1 Å². The molecule has 2 N–H and O–H groups in total. The van der Waals surface area contributed by atoms with Crippen molar-refractivity contribution in [1.82, 2.24) is 9.78 Å². The number of nitrogen functional groups attached to an aromatic ring is 1. The Morgan fingerprint density at radius 1 is 1.25 bits per heavy atom.